The van der Waals surface area contributed by atoms with Gasteiger partial charge >= 0.3 is 0 Å². The van der Waals surface area contributed by atoms with Crippen molar-refractivity contribution in [3.8, 4) is 0 Å². The van der Waals surface area contributed by atoms with E-state index in [9.17, 15) is 26.8 Å². The SMILES string of the molecule is CN(C(=O)C1CC1C(=O)Nc1c(F)cccc1F)C1CCS(=O)(=O)C1. The third-order valence-electron chi connectivity index (χ3n) is 4.76. The van der Waals surface area contributed by atoms with Gasteiger partial charge in [0.2, 0.25) is 11.8 Å². The molecule has 2 amide bonds. The number of sulfone groups is 1. The van der Waals surface area contributed by atoms with Gasteiger partial charge in [0, 0.05) is 13.1 Å². The lowest BCUT2D eigenvalue weighted by atomic mass is 10.2. The van der Waals surface area contributed by atoms with Crippen molar-refractivity contribution in [1.29, 1.82) is 0 Å². The molecule has 0 aromatic heterocycles. The highest BCUT2D eigenvalue weighted by Crippen LogP contribution is 2.41. The Labute approximate surface area is 144 Å². The number of halogens is 2. The van der Waals surface area contributed by atoms with E-state index in [-0.39, 0.29) is 29.9 Å². The van der Waals surface area contributed by atoms with E-state index in [1.54, 1.807) is 0 Å². The predicted molar refractivity (Wildman–Crippen MR) is 86.4 cm³/mol. The first-order chi connectivity index (χ1) is 11.7. The second kappa shape index (κ2) is 6.36. The van der Waals surface area contributed by atoms with Crippen molar-refractivity contribution in [2.45, 2.75) is 18.9 Å². The van der Waals surface area contributed by atoms with E-state index in [0.29, 0.717) is 6.42 Å². The fourth-order valence-electron chi connectivity index (χ4n) is 3.11. The second-order valence-electron chi connectivity index (χ2n) is 6.54. The zero-order chi connectivity index (χ0) is 18.4. The number of rotatable bonds is 4. The summed E-state index contributed by atoms with van der Waals surface area (Å²) in [6, 6.07) is 2.87. The summed E-state index contributed by atoms with van der Waals surface area (Å²) in [7, 11) is -1.59. The molecule has 136 valence electrons. The van der Waals surface area contributed by atoms with Crippen LogP contribution in [-0.2, 0) is 19.4 Å². The molecule has 6 nitrogen and oxygen atoms in total. The van der Waals surface area contributed by atoms with E-state index in [1.807, 2.05) is 0 Å². The number of benzene rings is 1. The summed E-state index contributed by atoms with van der Waals surface area (Å²) in [6.45, 7) is 0. The number of nitrogens with zero attached hydrogens (tertiary/aromatic N) is 1. The zero-order valence-electron chi connectivity index (χ0n) is 13.5. The molecule has 1 saturated heterocycles. The van der Waals surface area contributed by atoms with Crippen LogP contribution in [0.1, 0.15) is 12.8 Å². The lowest BCUT2D eigenvalue weighted by Crippen LogP contribution is -2.39. The topological polar surface area (TPSA) is 83.6 Å². The number of carbonyl (C=O) groups excluding carboxylic acids is 2. The van der Waals surface area contributed by atoms with Gasteiger partial charge in [-0.15, -0.1) is 0 Å². The average molecular weight is 372 g/mol. The summed E-state index contributed by atoms with van der Waals surface area (Å²) in [6.07, 6.45) is 0.666. The van der Waals surface area contributed by atoms with Crippen molar-refractivity contribution in [1.82, 2.24) is 4.90 Å². The molecule has 1 heterocycles. The van der Waals surface area contributed by atoms with Gasteiger partial charge in [-0.05, 0) is 25.0 Å². The van der Waals surface area contributed by atoms with Crippen LogP contribution >= 0.6 is 0 Å². The largest absolute Gasteiger partial charge is 0.341 e. The Morgan fingerprint density at radius 1 is 1.20 bits per heavy atom. The van der Waals surface area contributed by atoms with Gasteiger partial charge in [-0.2, -0.15) is 0 Å². The first kappa shape index (κ1) is 17.8. The Balaban J connectivity index is 1.60. The molecule has 3 atom stereocenters. The molecule has 1 aliphatic heterocycles. The van der Waals surface area contributed by atoms with Gasteiger partial charge in [0.1, 0.15) is 17.3 Å². The van der Waals surface area contributed by atoms with Crippen LogP contribution in [0.15, 0.2) is 18.2 Å². The zero-order valence-corrected chi connectivity index (χ0v) is 14.4. The Kier molecular flexibility index (Phi) is 4.52. The monoisotopic (exact) mass is 372 g/mol. The molecule has 25 heavy (non-hydrogen) atoms. The van der Waals surface area contributed by atoms with Crippen LogP contribution in [0.3, 0.4) is 0 Å². The molecule has 0 bridgehead atoms. The molecule has 1 aromatic rings. The summed E-state index contributed by atoms with van der Waals surface area (Å²) in [5.74, 6) is -3.95. The number of para-hydroxylation sites is 1. The Morgan fingerprint density at radius 2 is 1.84 bits per heavy atom. The molecule has 1 aliphatic carbocycles. The summed E-state index contributed by atoms with van der Waals surface area (Å²) in [5.41, 5.74) is -0.527. The van der Waals surface area contributed by atoms with Crippen molar-refractivity contribution in [3.63, 3.8) is 0 Å². The van der Waals surface area contributed by atoms with Crippen LogP contribution in [0.2, 0.25) is 0 Å². The highest BCUT2D eigenvalue weighted by Gasteiger charge is 2.50. The number of nitrogens with one attached hydrogen (secondary N) is 1. The van der Waals surface area contributed by atoms with E-state index in [2.05, 4.69) is 5.32 Å². The van der Waals surface area contributed by atoms with Crippen LogP contribution in [0.4, 0.5) is 14.5 Å². The van der Waals surface area contributed by atoms with Crippen LogP contribution in [0, 0.1) is 23.5 Å². The molecule has 0 radical (unpaired) electrons. The third-order valence-corrected chi connectivity index (χ3v) is 6.51. The van der Waals surface area contributed by atoms with Crippen LogP contribution in [-0.4, -0.2) is 49.7 Å². The first-order valence-corrected chi connectivity index (χ1v) is 9.73. The highest BCUT2D eigenvalue weighted by atomic mass is 32.2. The normalized spacial score (nSPS) is 26.9. The van der Waals surface area contributed by atoms with Gasteiger partial charge in [-0.25, -0.2) is 17.2 Å². The summed E-state index contributed by atoms with van der Waals surface area (Å²) < 4.78 is 50.2. The molecule has 9 heteroatoms. The van der Waals surface area contributed by atoms with Crippen molar-refractivity contribution in [3.05, 3.63) is 29.8 Å². The molecule has 1 N–H and O–H groups in total. The van der Waals surface area contributed by atoms with Crippen LogP contribution < -0.4 is 5.32 Å². The van der Waals surface area contributed by atoms with Crippen molar-refractivity contribution >= 4 is 27.3 Å². The molecule has 3 unspecified atom stereocenters. The van der Waals surface area contributed by atoms with Crippen molar-refractivity contribution in [2.75, 3.05) is 23.9 Å². The average Bonchev–Trinajstić information content (AvgIpc) is 3.26. The maximum atomic E-state index is 13.6. The second-order valence-corrected chi connectivity index (χ2v) is 8.77. The van der Waals surface area contributed by atoms with E-state index < -0.39 is 44.9 Å². The number of carbonyl (C=O) groups is 2. The van der Waals surface area contributed by atoms with E-state index in [4.69, 9.17) is 0 Å². The Bertz CT molecular complexity index is 807. The molecule has 1 saturated carbocycles. The molecule has 1 aromatic carbocycles. The molecule has 2 fully saturated rings. The van der Waals surface area contributed by atoms with Gasteiger partial charge in [-0.1, -0.05) is 6.07 Å². The smallest absolute Gasteiger partial charge is 0.228 e. The third kappa shape index (κ3) is 3.65. The Morgan fingerprint density at radius 3 is 2.40 bits per heavy atom. The Hall–Kier alpha value is -2.03. The number of anilines is 1. The molecule has 2 aliphatic rings. The van der Waals surface area contributed by atoms with E-state index >= 15 is 0 Å². The van der Waals surface area contributed by atoms with Gasteiger partial charge in [0.05, 0.1) is 23.3 Å². The number of hydrogen-bond acceptors (Lipinski definition) is 4. The summed E-state index contributed by atoms with van der Waals surface area (Å²) in [5, 5.41) is 2.19. The van der Waals surface area contributed by atoms with Crippen LogP contribution in [0.25, 0.3) is 0 Å². The lowest BCUT2D eigenvalue weighted by molar-refractivity contribution is -0.134. The molecule has 3 rings (SSSR count). The first-order valence-electron chi connectivity index (χ1n) is 7.91. The summed E-state index contributed by atoms with van der Waals surface area (Å²) >= 11 is 0. The van der Waals surface area contributed by atoms with E-state index in [0.717, 1.165) is 12.1 Å². The number of hydrogen-bond donors (Lipinski definition) is 1. The van der Waals surface area contributed by atoms with E-state index in [1.165, 1.54) is 18.0 Å². The lowest BCUT2D eigenvalue weighted by Gasteiger charge is -2.23. The number of amides is 2. The fraction of sp³-hybridized carbons (Fsp3) is 0.500. The van der Waals surface area contributed by atoms with Crippen LogP contribution in [0.5, 0.6) is 0 Å². The summed E-state index contributed by atoms with van der Waals surface area (Å²) in [4.78, 5) is 25.9. The highest BCUT2D eigenvalue weighted by molar-refractivity contribution is 7.91. The van der Waals surface area contributed by atoms with Gasteiger partial charge in [-0.3, -0.25) is 9.59 Å². The van der Waals surface area contributed by atoms with Crippen molar-refractivity contribution in [2.24, 2.45) is 11.8 Å². The predicted octanol–water partition coefficient (Wildman–Crippen LogP) is 1.18. The minimum absolute atomic E-state index is 0.0520. The van der Waals surface area contributed by atoms with Crippen molar-refractivity contribution < 1.29 is 26.8 Å². The molecule has 0 spiro atoms. The fourth-order valence-corrected chi connectivity index (χ4v) is 4.89. The maximum Gasteiger partial charge on any atom is 0.228 e. The minimum atomic E-state index is -3.12. The molecular weight excluding hydrogens is 354 g/mol. The minimum Gasteiger partial charge on any atom is -0.341 e. The maximum absolute atomic E-state index is 13.6. The quantitative estimate of drug-likeness (QED) is 0.860. The molecular formula is C16H18F2N2O4S. The standard InChI is InChI=1S/C16H18F2N2O4S/c1-20(9-5-6-25(23,24)8-9)16(22)11-7-10(11)15(21)19-14-12(17)3-2-4-13(14)18/h2-4,9-11H,5-8H2,1H3,(H,19,21). The van der Waals surface area contributed by atoms with Gasteiger partial charge in [0.25, 0.3) is 0 Å². The van der Waals surface area contributed by atoms with Gasteiger partial charge in [0.15, 0.2) is 9.84 Å². The van der Waals surface area contributed by atoms with Gasteiger partial charge < -0.3 is 10.2 Å².